The van der Waals surface area contributed by atoms with Crippen LogP contribution >= 0.6 is 0 Å². The third-order valence-corrected chi connectivity index (χ3v) is 4.15. The molecule has 23 heavy (non-hydrogen) atoms. The lowest BCUT2D eigenvalue weighted by molar-refractivity contribution is -0.177. The van der Waals surface area contributed by atoms with Crippen LogP contribution < -0.4 is 10.6 Å². The summed E-state index contributed by atoms with van der Waals surface area (Å²) in [7, 11) is 0. The molecule has 0 amide bonds. The molecule has 2 aromatic rings. The first-order valence-electron chi connectivity index (χ1n) is 7.25. The van der Waals surface area contributed by atoms with Gasteiger partial charge in [-0.3, -0.25) is 4.98 Å². The quantitative estimate of drug-likeness (QED) is 0.877. The lowest BCUT2D eigenvalue weighted by Gasteiger charge is -2.38. The van der Waals surface area contributed by atoms with Crippen molar-refractivity contribution in [3.05, 3.63) is 36.0 Å². The minimum Gasteiger partial charge on any atom is -0.369 e. The molecule has 1 aliphatic heterocycles. The van der Waals surface area contributed by atoms with Gasteiger partial charge in [0.1, 0.15) is 6.07 Å². The van der Waals surface area contributed by atoms with Crippen LogP contribution in [0.3, 0.4) is 0 Å². The first kappa shape index (κ1) is 15.6. The van der Waals surface area contributed by atoms with Crippen molar-refractivity contribution >= 4 is 16.6 Å². The zero-order valence-electron chi connectivity index (χ0n) is 12.2. The third-order valence-electron chi connectivity index (χ3n) is 4.15. The van der Waals surface area contributed by atoms with Crippen LogP contribution in [0.1, 0.15) is 12.0 Å². The highest BCUT2D eigenvalue weighted by Crippen LogP contribution is 2.36. The fraction of sp³-hybridized carbons (Fsp3) is 0.375. The molecule has 0 spiro atoms. The summed E-state index contributed by atoms with van der Waals surface area (Å²) in [5.74, 6) is -1.45. The van der Waals surface area contributed by atoms with E-state index in [1.54, 1.807) is 35.4 Å². The normalized spacial score (nSPS) is 22.1. The fourth-order valence-electron chi connectivity index (χ4n) is 3.10. The van der Waals surface area contributed by atoms with Gasteiger partial charge in [-0.2, -0.15) is 18.4 Å². The summed E-state index contributed by atoms with van der Waals surface area (Å²) in [6, 6.07) is 8.25. The van der Waals surface area contributed by atoms with E-state index in [9.17, 15) is 13.2 Å². The predicted octanol–water partition coefficient (Wildman–Crippen LogP) is 2.82. The number of benzene rings is 1. The molecular formula is C16H15F3N4. The predicted molar refractivity (Wildman–Crippen MR) is 80.8 cm³/mol. The van der Waals surface area contributed by atoms with Crippen molar-refractivity contribution in [2.75, 3.05) is 18.0 Å². The van der Waals surface area contributed by atoms with Gasteiger partial charge in [0.25, 0.3) is 0 Å². The van der Waals surface area contributed by atoms with Gasteiger partial charge in [-0.1, -0.05) is 0 Å². The van der Waals surface area contributed by atoms with Gasteiger partial charge in [0.15, 0.2) is 0 Å². The second kappa shape index (κ2) is 5.70. The lowest BCUT2D eigenvalue weighted by atomic mass is 9.93. The summed E-state index contributed by atoms with van der Waals surface area (Å²) in [6.45, 7) is 0.218. The molecule has 7 heteroatoms. The minimum atomic E-state index is -4.27. The van der Waals surface area contributed by atoms with Crippen molar-refractivity contribution in [1.82, 2.24) is 4.98 Å². The van der Waals surface area contributed by atoms with E-state index in [0.29, 0.717) is 28.7 Å². The SMILES string of the molecule is N#Cc1ccc(N2CC(N)CC(C(F)(F)F)C2)c2cccnc12. The van der Waals surface area contributed by atoms with Gasteiger partial charge >= 0.3 is 6.18 Å². The number of nitriles is 1. The molecule has 2 atom stereocenters. The molecule has 2 unspecified atom stereocenters. The van der Waals surface area contributed by atoms with E-state index in [4.69, 9.17) is 11.0 Å². The van der Waals surface area contributed by atoms with Crippen LogP contribution in [0, 0.1) is 17.2 Å². The first-order chi connectivity index (χ1) is 10.9. The Balaban J connectivity index is 2.05. The molecule has 1 aliphatic rings. The Labute approximate surface area is 131 Å². The maximum Gasteiger partial charge on any atom is 0.393 e. The van der Waals surface area contributed by atoms with Crippen molar-refractivity contribution in [1.29, 1.82) is 5.26 Å². The van der Waals surface area contributed by atoms with Crippen LogP contribution in [-0.4, -0.2) is 30.3 Å². The number of hydrogen-bond acceptors (Lipinski definition) is 4. The van der Waals surface area contributed by atoms with Crippen molar-refractivity contribution in [3.8, 4) is 6.07 Å². The number of nitrogens with two attached hydrogens (primary N) is 1. The molecule has 1 fully saturated rings. The largest absolute Gasteiger partial charge is 0.393 e. The fourth-order valence-corrected chi connectivity index (χ4v) is 3.10. The van der Waals surface area contributed by atoms with E-state index in [1.807, 2.05) is 0 Å². The topological polar surface area (TPSA) is 65.9 Å². The molecule has 0 saturated carbocycles. The summed E-state index contributed by atoms with van der Waals surface area (Å²) in [5.41, 5.74) is 7.37. The van der Waals surface area contributed by atoms with Gasteiger partial charge in [0, 0.05) is 36.4 Å². The van der Waals surface area contributed by atoms with Crippen molar-refractivity contribution in [3.63, 3.8) is 0 Å². The molecule has 1 aromatic carbocycles. The molecule has 0 radical (unpaired) electrons. The number of hydrogen-bond donors (Lipinski definition) is 1. The molecule has 120 valence electrons. The first-order valence-corrected chi connectivity index (χ1v) is 7.25. The molecule has 0 bridgehead atoms. The molecule has 0 aliphatic carbocycles. The molecule has 4 nitrogen and oxygen atoms in total. The number of alkyl halides is 3. The average molecular weight is 320 g/mol. The zero-order valence-corrected chi connectivity index (χ0v) is 12.2. The third kappa shape index (κ3) is 2.94. The highest BCUT2D eigenvalue weighted by atomic mass is 19.4. The number of halogens is 3. The van der Waals surface area contributed by atoms with Crippen molar-refractivity contribution < 1.29 is 13.2 Å². The Morgan fingerprint density at radius 2 is 2.04 bits per heavy atom. The number of rotatable bonds is 1. The van der Waals surface area contributed by atoms with Gasteiger partial charge in [0.05, 0.1) is 17.0 Å². The van der Waals surface area contributed by atoms with E-state index >= 15 is 0 Å². The van der Waals surface area contributed by atoms with Gasteiger partial charge in [0.2, 0.25) is 0 Å². The molecule has 3 rings (SSSR count). The van der Waals surface area contributed by atoms with E-state index in [0.717, 1.165) is 0 Å². The van der Waals surface area contributed by atoms with E-state index in [-0.39, 0.29) is 13.0 Å². The summed E-state index contributed by atoms with van der Waals surface area (Å²) in [6.07, 6.45) is -2.77. The number of nitrogens with zero attached hydrogens (tertiary/aromatic N) is 3. The lowest BCUT2D eigenvalue weighted by Crippen LogP contribution is -2.51. The highest BCUT2D eigenvalue weighted by Gasteiger charge is 2.44. The number of pyridine rings is 1. The Bertz CT molecular complexity index is 766. The average Bonchev–Trinajstić information content (AvgIpc) is 2.52. The van der Waals surface area contributed by atoms with Gasteiger partial charge in [-0.05, 0) is 30.7 Å². The van der Waals surface area contributed by atoms with Crippen LogP contribution in [0.4, 0.5) is 18.9 Å². The number of aromatic nitrogens is 1. The van der Waals surface area contributed by atoms with Crippen molar-refractivity contribution in [2.24, 2.45) is 11.7 Å². The second-order valence-corrected chi connectivity index (χ2v) is 5.78. The Kier molecular flexibility index (Phi) is 3.86. The summed E-state index contributed by atoms with van der Waals surface area (Å²) in [4.78, 5) is 5.84. The number of piperidine rings is 1. The summed E-state index contributed by atoms with van der Waals surface area (Å²) < 4.78 is 39.3. The van der Waals surface area contributed by atoms with E-state index in [1.165, 1.54) is 0 Å². The summed E-state index contributed by atoms with van der Waals surface area (Å²) in [5, 5.41) is 9.82. The Morgan fingerprint density at radius 1 is 1.26 bits per heavy atom. The maximum atomic E-state index is 13.1. The van der Waals surface area contributed by atoms with Gasteiger partial charge in [-0.15, -0.1) is 0 Å². The number of anilines is 1. The van der Waals surface area contributed by atoms with Crippen LogP contribution in [0.15, 0.2) is 30.5 Å². The molecule has 2 heterocycles. The Morgan fingerprint density at radius 3 is 2.74 bits per heavy atom. The number of fused-ring (bicyclic) bond motifs is 1. The summed E-state index contributed by atoms with van der Waals surface area (Å²) >= 11 is 0. The Hall–Kier alpha value is -2.33. The zero-order chi connectivity index (χ0) is 16.6. The van der Waals surface area contributed by atoms with Crippen LogP contribution in [0.2, 0.25) is 0 Å². The van der Waals surface area contributed by atoms with Crippen LogP contribution in [0.5, 0.6) is 0 Å². The maximum absolute atomic E-state index is 13.1. The molecule has 1 aromatic heterocycles. The van der Waals surface area contributed by atoms with Crippen LogP contribution in [-0.2, 0) is 0 Å². The second-order valence-electron chi connectivity index (χ2n) is 5.78. The van der Waals surface area contributed by atoms with Crippen LogP contribution in [0.25, 0.3) is 10.9 Å². The molecule has 2 N–H and O–H groups in total. The minimum absolute atomic E-state index is 0.0630. The van der Waals surface area contributed by atoms with E-state index < -0.39 is 18.1 Å². The van der Waals surface area contributed by atoms with Gasteiger partial charge in [-0.25, -0.2) is 0 Å². The molecule has 1 saturated heterocycles. The smallest absolute Gasteiger partial charge is 0.369 e. The van der Waals surface area contributed by atoms with Gasteiger partial charge < -0.3 is 10.6 Å². The molecular weight excluding hydrogens is 305 g/mol. The monoisotopic (exact) mass is 320 g/mol. The van der Waals surface area contributed by atoms with E-state index in [2.05, 4.69) is 11.1 Å². The standard InChI is InChI=1S/C16H15F3N4/c17-16(18,19)11-6-12(21)9-23(8-11)14-4-3-10(7-20)15-13(14)2-1-5-22-15/h1-5,11-12H,6,8-9,21H2. The highest BCUT2D eigenvalue weighted by molar-refractivity contribution is 5.95. The van der Waals surface area contributed by atoms with Crippen molar-refractivity contribution in [2.45, 2.75) is 18.6 Å².